The molecule has 17 heavy (non-hydrogen) atoms. The Morgan fingerprint density at radius 3 is 3.00 bits per heavy atom. The van der Waals surface area contributed by atoms with Gasteiger partial charge >= 0.3 is 0 Å². The molecule has 2 rings (SSSR count). The molecule has 1 N–H and O–H groups in total. The summed E-state index contributed by atoms with van der Waals surface area (Å²) in [6.07, 6.45) is 0.988. The van der Waals surface area contributed by atoms with Gasteiger partial charge in [0.1, 0.15) is 0 Å². The lowest BCUT2D eigenvalue weighted by molar-refractivity contribution is 0.219. The molecule has 1 aromatic rings. The first kappa shape index (κ1) is 12.3. The van der Waals surface area contributed by atoms with E-state index >= 15 is 0 Å². The SMILES string of the molecule is COc1cccc(CN2CCC(CO)C2)c1F. The second-order valence-corrected chi connectivity index (χ2v) is 4.51. The van der Waals surface area contributed by atoms with E-state index in [1.54, 1.807) is 18.2 Å². The minimum Gasteiger partial charge on any atom is -0.494 e. The predicted octanol–water partition coefficient (Wildman–Crippen LogP) is 1.65. The molecular weight excluding hydrogens is 221 g/mol. The molecule has 1 aliphatic rings. The van der Waals surface area contributed by atoms with Crippen LogP contribution in [0.25, 0.3) is 0 Å². The van der Waals surface area contributed by atoms with Crippen molar-refractivity contribution < 1.29 is 14.2 Å². The van der Waals surface area contributed by atoms with Gasteiger partial charge in [0.25, 0.3) is 0 Å². The first-order valence-corrected chi connectivity index (χ1v) is 5.89. The van der Waals surface area contributed by atoms with Crippen LogP contribution in [-0.2, 0) is 6.54 Å². The molecule has 0 aliphatic carbocycles. The summed E-state index contributed by atoms with van der Waals surface area (Å²) in [5.74, 6) is 0.353. The van der Waals surface area contributed by atoms with Crippen LogP contribution in [0.4, 0.5) is 4.39 Å². The lowest BCUT2D eigenvalue weighted by Crippen LogP contribution is -2.21. The highest BCUT2D eigenvalue weighted by molar-refractivity contribution is 5.31. The van der Waals surface area contributed by atoms with Crippen molar-refractivity contribution in [2.24, 2.45) is 5.92 Å². The van der Waals surface area contributed by atoms with E-state index in [0.29, 0.717) is 23.8 Å². The molecule has 1 atom stereocenters. The van der Waals surface area contributed by atoms with E-state index in [9.17, 15) is 4.39 Å². The van der Waals surface area contributed by atoms with Crippen molar-refractivity contribution in [1.29, 1.82) is 0 Å². The normalized spacial score (nSPS) is 20.8. The van der Waals surface area contributed by atoms with E-state index in [2.05, 4.69) is 4.90 Å². The van der Waals surface area contributed by atoms with Crippen LogP contribution < -0.4 is 4.74 Å². The molecule has 1 aliphatic heterocycles. The number of aliphatic hydroxyl groups is 1. The highest BCUT2D eigenvalue weighted by Crippen LogP contribution is 2.23. The van der Waals surface area contributed by atoms with Crippen molar-refractivity contribution in [2.75, 3.05) is 26.8 Å². The van der Waals surface area contributed by atoms with Gasteiger partial charge in [-0.3, -0.25) is 4.90 Å². The minimum atomic E-state index is -0.276. The highest BCUT2D eigenvalue weighted by Gasteiger charge is 2.22. The van der Waals surface area contributed by atoms with Crippen molar-refractivity contribution in [2.45, 2.75) is 13.0 Å². The van der Waals surface area contributed by atoms with Crippen LogP contribution in [0, 0.1) is 11.7 Å². The van der Waals surface area contributed by atoms with Crippen molar-refractivity contribution >= 4 is 0 Å². The molecule has 0 aromatic heterocycles. The molecule has 0 amide bonds. The lowest BCUT2D eigenvalue weighted by atomic mass is 10.1. The van der Waals surface area contributed by atoms with Crippen LogP contribution in [0.2, 0.25) is 0 Å². The van der Waals surface area contributed by atoms with Gasteiger partial charge in [0.15, 0.2) is 11.6 Å². The van der Waals surface area contributed by atoms with Crippen molar-refractivity contribution in [3.8, 4) is 5.75 Å². The zero-order valence-corrected chi connectivity index (χ0v) is 10.0. The van der Waals surface area contributed by atoms with Crippen LogP contribution in [0.5, 0.6) is 5.75 Å². The molecule has 94 valence electrons. The molecule has 0 bridgehead atoms. The number of hydrogen-bond donors (Lipinski definition) is 1. The number of methoxy groups -OCH3 is 1. The summed E-state index contributed by atoms with van der Waals surface area (Å²) in [7, 11) is 1.47. The second kappa shape index (κ2) is 5.47. The molecule has 0 radical (unpaired) electrons. The standard InChI is InChI=1S/C13H18FNO2/c1-17-12-4-2-3-11(13(12)14)8-15-6-5-10(7-15)9-16/h2-4,10,16H,5-9H2,1H3. The van der Waals surface area contributed by atoms with E-state index in [0.717, 1.165) is 19.5 Å². The Hall–Kier alpha value is -1.13. The maximum atomic E-state index is 13.9. The Labute approximate surface area is 101 Å². The zero-order chi connectivity index (χ0) is 12.3. The molecule has 1 unspecified atom stereocenters. The number of hydrogen-bond acceptors (Lipinski definition) is 3. The second-order valence-electron chi connectivity index (χ2n) is 4.51. The van der Waals surface area contributed by atoms with Gasteiger partial charge in [-0.1, -0.05) is 12.1 Å². The maximum absolute atomic E-state index is 13.9. The smallest absolute Gasteiger partial charge is 0.169 e. The average molecular weight is 239 g/mol. The number of likely N-dealkylation sites (tertiary alicyclic amines) is 1. The van der Waals surface area contributed by atoms with Crippen LogP contribution in [0.3, 0.4) is 0 Å². The minimum absolute atomic E-state index is 0.219. The third-order valence-corrected chi connectivity index (χ3v) is 3.29. The summed E-state index contributed by atoms with van der Waals surface area (Å²) in [6, 6.07) is 5.21. The Kier molecular flexibility index (Phi) is 3.97. The van der Waals surface area contributed by atoms with Crippen LogP contribution in [0.1, 0.15) is 12.0 Å². The summed E-state index contributed by atoms with van der Waals surface area (Å²) in [5.41, 5.74) is 0.655. The Bertz CT molecular complexity index is 384. The fourth-order valence-electron chi connectivity index (χ4n) is 2.28. The van der Waals surface area contributed by atoms with E-state index < -0.39 is 0 Å². The largest absolute Gasteiger partial charge is 0.494 e. The van der Waals surface area contributed by atoms with Gasteiger partial charge in [-0.05, 0) is 24.9 Å². The Balaban J connectivity index is 2.04. The molecule has 1 aromatic carbocycles. The van der Waals surface area contributed by atoms with Crippen molar-refractivity contribution in [1.82, 2.24) is 4.90 Å². The van der Waals surface area contributed by atoms with Gasteiger partial charge in [-0.25, -0.2) is 4.39 Å². The molecular formula is C13H18FNO2. The number of rotatable bonds is 4. The molecule has 0 spiro atoms. The van der Waals surface area contributed by atoms with E-state index in [1.165, 1.54) is 7.11 Å². The highest BCUT2D eigenvalue weighted by atomic mass is 19.1. The Morgan fingerprint density at radius 2 is 2.35 bits per heavy atom. The third-order valence-electron chi connectivity index (χ3n) is 3.29. The monoisotopic (exact) mass is 239 g/mol. The summed E-state index contributed by atoms with van der Waals surface area (Å²) in [5, 5.41) is 9.07. The van der Waals surface area contributed by atoms with E-state index in [4.69, 9.17) is 9.84 Å². The summed E-state index contributed by atoms with van der Waals surface area (Å²) in [6.45, 7) is 2.56. The van der Waals surface area contributed by atoms with Crippen molar-refractivity contribution in [3.63, 3.8) is 0 Å². The van der Waals surface area contributed by atoms with Crippen LogP contribution >= 0.6 is 0 Å². The van der Waals surface area contributed by atoms with Gasteiger partial charge in [0.05, 0.1) is 7.11 Å². The lowest BCUT2D eigenvalue weighted by Gasteiger charge is -2.16. The summed E-state index contributed by atoms with van der Waals surface area (Å²) in [4.78, 5) is 2.17. The number of benzene rings is 1. The number of aliphatic hydroxyl groups excluding tert-OH is 1. The van der Waals surface area contributed by atoms with Crippen LogP contribution in [-0.4, -0.2) is 36.8 Å². The average Bonchev–Trinajstić information content (AvgIpc) is 2.79. The van der Waals surface area contributed by atoms with E-state index in [-0.39, 0.29) is 12.4 Å². The summed E-state index contributed by atoms with van der Waals surface area (Å²) >= 11 is 0. The van der Waals surface area contributed by atoms with Crippen LogP contribution in [0.15, 0.2) is 18.2 Å². The molecule has 1 fully saturated rings. The van der Waals surface area contributed by atoms with Gasteiger partial charge in [0.2, 0.25) is 0 Å². The molecule has 1 saturated heterocycles. The number of nitrogens with zero attached hydrogens (tertiary/aromatic N) is 1. The third kappa shape index (κ3) is 2.76. The van der Waals surface area contributed by atoms with Gasteiger partial charge in [0, 0.05) is 25.3 Å². The van der Waals surface area contributed by atoms with E-state index in [1.807, 2.05) is 0 Å². The topological polar surface area (TPSA) is 32.7 Å². The fraction of sp³-hybridized carbons (Fsp3) is 0.538. The molecule has 0 saturated carbocycles. The number of halogens is 1. The quantitative estimate of drug-likeness (QED) is 0.867. The fourth-order valence-corrected chi connectivity index (χ4v) is 2.28. The Morgan fingerprint density at radius 1 is 1.53 bits per heavy atom. The molecule has 3 nitrogen and oxygen atoms in total. The van der Waals surface area contributed by atoms with Gasteiger partial charge in [-0.15, -0.1) is 0 Å². The zero-order valence-electron chi connectivity index (χ0n) is 10.0. The molecule has 4 heteroatoms. The van der Waals surface area contributed by atoms with Gasteiger partial charge in [-0.2, -0.15) is 0 Å². The molecule has 1 heterocycles. The first-order valence-electron chi connectivity index (χ1n) is 5.89. The maximum Gasteiger partial charge on any atom is 0.169 e. The van der Waals surface area contributed by atoms with Gasteiger partial charge < -0.3 is 9.84 Å². The predicted molar refractivity (Wildman–Crippen MR) is 63.4 cm³/mol. The first-order chi connectivity index (χ1) is 8.24. The number of ether oxygens (including phenoxy) is 1. The van der Waals surface area contributed by atoms with Crippen molar-refractivity contribution in [3.05, 3.63) is 29.6 Å². The summed E-state index contributed by atoms with van der Waals surface area (Å²) < 4.78 is 18.9.